The van der Waals surface area contributed by atoms with Crippen LogP contribution in [0.3, 0.4) is 0 Å². The van der Waals surface area contributed by atoms with E-state index in [1.165, 1.54) is 19.4 Å². The summed E-state index contributed by atoms with van der Waals surface area (Å²) in [5, 5.41) is 3.54. The van der Waals surface area contributed by atoms with Gasteiger partial charge in [0.25, 0.3) is 0 Å². The average molecular weight is 212 g/mol. The highest BCUT2D eigenvalue weighted by molar-refractivity contribution is 4.85. The average Bonchev–Trinajstić information content (AvgIpc) is 2.21. The molecule has 90 valence electrons. The molecule has 0 saturated carbocycles. The van der Waals surface area contributed by atoms with Crippen LogP contribution in [0.5, 0.6) is 0 Å². The second kappa shape index (κ2) is 5.86. The van der Waals surface area contributed by atoms with Crippen LogP contribution >= 0.6 is 0 Å². The van der Waals surface area contributed by atoms with E-state index in [4.69, 9.17) is 0 Å². The van der Waals surface area contributed by atoms with Gasteiger partial charge in [0, 0.05) is 31.2 Å². The van der Waals surface area contributed by atoms with Gasteiger partial charge in [-0.15, -0.1) is 0 Å². The summed E-state index contributed by atoms with van der Waals surface area (Å²) in [5.41, 5.74) is 0. The molecule has 1 aliphatic heterocycles. The normalized spacial score (nSPS) is 32.6. The largest absolute Gasteiger partial charge is 0.311 e. The Balaban J connectivity index is 2.45. The molecular formula is C13H28N2. The van der Waals surface area contributed by atoms with Gasteiger partial charge in [-0.05, 0) is 33.1 Å². The maximum atomic E-state index is 3.54. The molecule has 2 heteroatoms. The van der Waals surface area contributed by atoms with E-state index in [-0.39, 0.29) is 0 Å². The Kier molecular flexibility index (Phi) is 5.07. The minimum atomic E-state index is 0.653. The van der Waals surface area contributed by atoms with Crippen molar-refractivity contribution in [1.29, 1.82) is 0 Å². The van der Waals surface area contributed by atoms with Crippen LogP contribution in [0.15, 0.2) is 0 Å². The summed E-state index contributed by atoms with van der Waals surface area (Å²) in [7, 11) is 0. The summed E-state index contributed by atoms with van der Waals surface area (Å²) in [4.78, 5) is 2.67. The molecule has 15 heavy (non-hydrogen) atoms. The summed E-state index contributed by atoms with van der Waals surface area (Å²) >= 11 is 0. The highest BCUT2D eigenvalue weighted by atomic mass is 15.2. The van der Waals surface area contributed by atoms with Gasteiger partial charge in [-0.25, -0.2) is 0 Å². The van der Waals surface area contributed by atoms with E-state index in [0.29, 0.717) is 12.1 Å². The van der Waals surface area contributed by atoms with Gasteiger partial charge in [0.15, 0.2) is 0 Å². The van der Waals surface area contributed by atoms with E-state index in [0.717, 1.165) is 18.5 Å². The molecule has 2 nitrogen and oxygen atoms in total. The Labute approximate surface area is 95.4 Å². The van der Waals surface area contributed by atoms with Gasteiger partial charge < -0.3 is 5.32 Å². The van der Waals surface area contributed by atoms with Gasteiger partial charge in [-0.3, -0.25) is 4.90 Å². The topological polar surface area (TPSA) is 15.3 Å². The van der Waals surface area contributed by atoms with Crippen molar-refractivity contribution in [1.82, 2.24) is 10.2 Å². The van der Waals surface area contributed by atoms with Crippen molar-refractivity contribution in [2.75, 3.05) is 13.1 Å². The summed E-state index contributed by atoms with van der Waals surface area (Å²) in [6.07, 6.45) is 2.65. The smallest absolute Gasteiger partial charge is 0.0195 e. The minimum absolute atomic E-state index is 0.653. The highest BCUT2D eigenvalue weighted by Crippen LogP contribution is 2.18. The molecule has 0 spiro atoms. The lowest BCUT2D eigenvalue weighted by Gasteiger charge is -2.42. The zero-order valence-corrected chi connectivity index (χ0v) is 11.1. The maximum absolute atomic E-state index is 3.54. The molecule has 4 atom stereocenters. The molecule has 1 N–H and O–H groups in total. The van der Waals surface area contributed by atoms with E-state index >= 15 is 0 Å². The van der Waals surface area contributed by atoms with Gasteiger partial charge in [0.1, 0.15) is 0 Å². The fourth-order valence-corrected chi connectivity index (χ4v) is 2.55. The van der Waals surface area contributed by atoms with Crippen LogP contribution in [-0.2, 0) is 0 Å². The predicted octanol–water partition coefficient (Wildman–Crippen LogP) is 2.49. The van der Waals surface area contributed by atoms with Crippen molar-refractivity contribution >= 4 is 0 Å². The van der Waals surface area contributed by atoms with Crippen molar-refractivity contribution < 1.29 is 0 Å². The molecule has 0 aromatic heterocycles. The first kappa shape index (κ1) is 13.0. The Morgan fingerprint density at radius 2 is 2.00 bits per heavy atom. The molecule has 1 fully saturated rings. The number of piperazine rings is 1. The Hall–Kier alpha value is -0.0800. The zero-order chi connectivity index (χ0) is 11.4. The number of hydrogen-bond acceptors (Lipinski definition) is 2. The summed E-state index contributed by atoms with van der Waals surface area (Å²) in [5.74, 6) is 0.859. The van der Waals surface area contributed by atoms with E-state index in [1.807, 2.05) is 0 Å². The molecule has 1 saturated heterocycles. The van der Waals surface area contributed by atoms with Crippen molar-refractivity contribution in [2.45, 2.75) is 65.6 Å². The lowest BCUT2D eigenvalue weighted by molar-refractivity contribution is 0.0904. The fourth-order valence-electron chi connectivity index (χ4n) is 2.55. The number of rotatable bonds is 4. The molecule has 4 unspecified atom stereocenters. The quantitative estimate of drug-likeness (QED) is 0.770. The summed E-state index contributed by atoms with van der Waals surface area (Å²) < 4.78 is 0. The van der Waals surface area contributed by atoms with Gasteiger partial charge in [-0.2, -0.15) is 0 Å². The van der Waals surface area contributed by atoms with Crippen LogP contribution in [0.1, 0.15) is 47.5 Å². The molecule has 1 heterocycles. The van der Waals surface area contributed by atoms with Crippen molar-refractivity contribution in [3.05, 3.63) is 0 Å². The van der Waals surface area contributed by atoms with Crippen molar-refractivity contribution in [3.8, 4) is 0 Å². The monoisotopic (exact) mass is 212 g/mol. The lowest BCUT2D eigenvalue weighted by atomic mass is 9.97. The SMILES string of the molecule is CCC(C)CC(C)N1CC(C)NCC1C. The van der Waals surface area contributed by atoms with E-state index in [9.17, 15) is 0 Å². The van der Waals surface area contributed by atoms with E-state index in [2.05, 4.69) is 44.8 Å². The van der Waals surface area contributed by atoms with Gasteiger partial charge >= 0.3 is 0 Å². The van der Waals surface area contributed by atoms with Gasteiger partial charge in [-0.1, -0.05) is 20.3 Å². The van der Waals surface area contributed by atoms with Crippen LogP contribution in [0.2, 0.25) is 0 Å². The standard InChI is InChI=1S/C13H28N2/c1-6-10(2)7-12(4)15-9-11(3)14-8-13(15)5/h10-14H,6-9H2,1-5H3. The fraction of sp³-hybridized carbons (Fsp3) is 1.00. The van der Waals surface area contributed by atoms with Crippen molar-refractivity contribution in [3.63, 3.8) is 0 Å². The second-order valence-corrected chi connectivity index (χ2v) is 5.45. The first-order valence-corrected chi connectivity index (χ1v) is 6.53. The summed E-state index contributed by atoms with van der Waals surface area (Å²) in [6.45, 7) is 14.0. The van der Waals surface area contributed by atoms with E-state index in [1.54, 1.807) is 0 Å². The molecule has 1 rings (SSSR count). The Morgan fingerprint density at radius 1 is 1.33 bits per heavy atom. The van der Waals surface area contributed by atoms with Gasteiger partial charge in [0.05, 0.1) is 0 Å². The molecule has 1 aliphatic rings. The molecule has 0 aromatic carbocycles. The molecule has 0 amide bonds. The first-order chi connectivity index (χ1) is 7.04. The predicted molar refractivity (Wildman–Crippen MR) is 67.2 cm³/mol. The third-order valence-electron chi connectivity index (χ3n) is 3.82. The van der Waals surface area contributed by atoms with Crippen LogP contribution in [0.25, 0.3) is 0 Å². The second-order valence-electron chi connectivity index (χ2n) is 5.45. The third-order valence-corrected chi connectivity index (χ3v) is 3.82. The van der Waals surface area contributed by atoms with Crippen LogP contribution in [0, 0.1) is 5.92 Å². The first-order valence-electron chi connectivity index (χ1n) is 6.53. The number of hydrogen-bond donors (Lipinski definition) is 1. The molecular weight excluding hydrogens is 184 g/mol. The van der Waals surface area contributed by atoms with E-state index < -0.39 is 0 Å². The Morgan fingerprint density at radius 3 is 2.60 bits per heavy atom. The molecule has 0 radical (unpaired) electrons. The minimum Gasteiger partial charge on any atom is -0.311 e. The molecule has 0 aliphatic carbocycles. The number of nitrogens with zero attached hydrogens (tertiary/aromatic N) is 1. The summed E-state index contributed by atoms with van der Waals surface area (Å²) in [6, 6.07) is 2.08. The number of nitrogens with one attached hydrogen (secondary N) is 1. The van der Waals surface area contributed by atoms with Crippen LogP contribution < -0.4 is 5.32 Å². The van der Waals surface area contributed by atoms with Crippen LogP contribution in [0.4, 0.5) is 0 Å². The third kappa shape index (κ3) is 3.76. The lowest BCUT2D eigenvalue weighted by Crippen LogP contribution is -2.57. The molecule has 0 aromatic rings. The maximum Gasteiger partial charge on any atom is 0.0195 e. The van der Waals surface area contributed by atoms with Crippen molar-refractivity contribution in [2.24, 2.45) is 5.92 Å². The zero-order valence-electron chi connectivity index (χ0n) is 11.1. The molecule has 0 bridgehead atoms. The highest BCUT2D eigenvalue weighted by Gasteiger charge is 2.26. The van der Waals surface area contributed by atoms with Gasteiger partial charge in [0.2, 0.25) is 0 Å². The van der Waals surface area contributed by atoms with Crippen LogP contribution in [-0.4, -0.2) is 36.1 Å². The Bertz CT molecular complexity index is 181.